The van der Waals surface area contributed by atoms with Crippen LogP contribution in [0.3, 0.4) is 0 Å². The molecular weight excluding hydrogens is 310 g/mol. The molecule has 0 heterocycles. The van der Waals surface area contributed by atoms with Gasteiger partial charge in [-0.05, 0) is 38.5 Å². The zero-order valence-electron chi connectivity index (χ0n) is 15.9. The highest BCUT2D eigenvalue weighted by molar-refractivity contribution is 6.74. The van der Waals surface area contributed by atoms with Gasteiger partial charge in [0.15, 0.2) is 11.6 Å². The normalized spacial score (nSPS) is 26.3. The van der Waals surface area contributed by atoms with Gasteiger partial charge in [0.05, 0.1) is 0 Å². The number of carbonyl (C=O) groups excluding carboxylic acids is 2. The number of hydrogen-bond donors (Lipinski definition) is 2. The maximum absolute atomic E-state index is 12.4. The van der Waals surface area contributed by atoms with Gasteiger partial charge in [-0.25, -0.2) is 0 Å². The van der Waals surface area contributed by atoms with E-state index in [2.05, 4.69) is 10.6 Å². The predicted molar refractivity (Wildman–Crippen MR) is 106 cm³/mol. The van der Waals surface area contributed by atoms with E-state index in [1.54, 1.807) is 14.1 Å². The van der Waals surface area contributed by atoms with Crippen molar-refractivity contribution < 1.29 is 9.59 Å². The van der Waals surface area contributed by atoms with Crippen molar-refractivity contribution in [3.63, 3.8) is 0 Å². The fourth-order valence-corrected chi connectivity index (χ4v) is 4.20. The van der Waals surface area contributed by atoms with Gasteiger partial charge < -0.3 is 10.6 Å². The van der Waals surface area contributed by atoms with Crippen molar-refractivity contribution in [3.8, 4) is 0 Å². The molecule has 0 bridgehead atoms. The molecule has 0 aromatic rings. The van der Waals surface area contributed by atoms with Gasteiger partial charge in [-0.1, -0.05) is 57.6 Å². The third-order valence-electron chi connectivity index (χ3n) is 5.70. The van der Waals surface area contributed by atoms with Crippen molar-refractivity contribution in [1.29, 1.82) is 0 Å². The Hall–Kier alpha value is -0.930. The first kappa shape index (κ1) is 20.4. The molecule has 2 aliphatic carbocycles. The van der Waals surface area contributed by atoms with E-state index >= 15 is 0 Å². The molecule has 6 heteroatoms. The van der Waals surface area contributed by atoms with Gasteiger partial charge in [0.25, 0.3) is 0 Å². The van der Waals surface area contributed by atoms with Crippen molar-refractivity contribution >= 4 is 26.2 Å². The molecule has 0 unspecified atom stereocenters. The van der Waals surface area contributed by atoms with Crippen LogP contribution < -0.4 is 10.6 Å². The second-order valence-corrected chi connectivity index (χ2v) is 7.83. The molecule has 0 atom stereocenters. The Morgan fingerprint density at radius 2 is 1.16 bits per heavy atom. The Morgan fingerprint density at radius 1 is 0.680 bits per heavy atom. The fraction of sp³-hybridized carbons (Fsp3) is 0.895. The van der Waals surface area contributed by atoms with Gasteiger partial charge in [0, 0.05) is 12.1 Å². The maximum atomic E-state index is 12.4. The van der Waals surface area contributed by atoms with Crippen LogP contribution in [-0.2, 0) is 0 Å². The lowest BCUT2D eigenvalue weighted by Crippen LogP contribution is -2.41. The SMILES string of the molecule is C[B]C(=O)NC1CCCC(NC(=O)[B]C2CCCCCCC2)CCC1. The summed E-state index contributed by atoms with van der Waals surface area (Å²) in [6.07, 6.45) is 15.1. The third kappa shape index (κ3) is 8.33. The summed E-state index contributed by atoms with van der Waals surface area (Å²) >= 11 is 0. The minimum absolute atomic E-state index is 0.0317. The first-order chi connectivity index (χ1) is 12.2. The van der Waals surface area contributed by atoms with Gasteiger partial charge in [0.2, 0.25) is 14.6 Å². The minimum Gasteiger partial charge on any atom is -0.363 e. The highest BCUT2D eigenvalue weighted by Crippen LogP contribution is 2.26. The molecule has 0 saturated heterocycles. The second-order valence-electron chi connectivity index (χ2n) is 7.83. The Kier molecular flexibility index (Phi) is 9.49. The van der Waals surface area contributed by atoms with Crippen LogP contribution in [0.2, 0.25) is 12.6 Å². The molecule has 2 N–H and O–H groups in total. The van der Waals surface area contributed by atoms with E-state index in [4.69, 9.17) is 0 Å². The van der Waals surface area contributed by atoms with Gasteiger partial charge in [-0.15, -0.1) is 0 Å². The van der Waals surface area contributed by atoms with Crippen LogP contribution in [0.4, 0.5) is 9.59 Å². The lowest BCUT2D eigenvalue weighted by molar-refractivity contribution is 0.248. The molecular formula is C19H34B2N2O2. The largest absolute Gasteiger partial charge is 0.363 e. The fourth-order valence-electron chi connectivity index (χ4n) is 4.20. The van der Waals surface area contributed by atoms with E-state index in [-0.39, 0.29) is 11.6 Å². The minimum atomic E-state index is 0.0317. The summed E-state index contributed by atoms with van der Waals surface area (Å²) in [5.41, 5.74) is 0. The van der Waals surface area contributed by atoms with E-state index in [9.17, 15) is 9.59 Å². The van der Waals surface area contributed by atoms with E-state index in [1.165, 1.54) is 44.9 Å². The molecule has 2 aliphatic rings. The number of hydrogen-bond acceptors (Lipinski definition) is 2. The van der Waals surface area contributed by atoms with Crippen molar-refractivity contribution in [3.05, 3.63) is 0 Å². The Labute approximate surface area is 155 Å². The lowest BCUT2D eigenvalue weighted by atomic mass is 9.59. The smallest absolute Gasteiger partial charge is 0.236 e. The average Bonchev–Trinajstić information content (AvgIpc) is 2.54. The molecule has 138 valence electrons. The summed E-state index contributed by atoms with van der Waals surface area (Å²) in [4.78, 5) is 23.9. The molecule has 0 aromatic carbocycles. The van der Waals surface area contributed by atoms with Crippen molar-refractivity contribution in [2.75, 3.05) is 0 Å². The molecule has 0 aliphatic heterocycles. The molecule has 0 spiro atoms. The molecule has 4 nitrogen and oxygen atoms in total. The van der Waals surface area contributed by atoms with Crippen LogP contribution in [0.25, 0.3) is 0 Å². The molecule has 0 aromatic heterocycles. The van der Waals surface area contributed by atoms with Crippen LogP contribution >= 0.6 is 0 Å². The zero-order valence-corrected chi connectivity index (χ0v) is 15.9. The van der Waals surface area contributed by atoms with Crippen LogP contribution in [0.15, 0.2) is 0 Å². The topological polar surface area (TPSA) is 58.2 Å². The summed E-state index contributed by atoms with van der Waals surface area (Å²) in [6, 6.07) is 0.591. The predicted octanol–water partition coefficient (Wildman–Crippen LogP) is 4.49. The highest BCUT2D eigenvalue weighted by Gasteiger charge is 2.22. The quantitative estimate of drug-likeness (QED) is 0.722. The molecule has 2 fully saturated rings. The van der Waals surface area contributed by atoms with E-state index in [1.807, 2.05) is 7.28 Å². The summed E-state index contributed by atoms with van der Waals surface area (Å²) in [7, 11) is 3.55. The van der Waals surface area contributed by atoms with Crippen LogP contribution in [0.1, 0.15) is 83.5 Å². The Morgan fingerprint density at radius 3 is 1.68 bits per heavy atom. The highest BCUT2D eigenvalue weighted by atomic mass is 16.1. The standard InChI is InChI=1S/C19H34B2N2O2/c1-20-18(24)22-16-11-7-13-17(14-8-12-16)23-19(25)21-15-9-5-3-2-4-6-10-15/h15-17H,2-14H2,1H3,(H,22,24)(H,23,25). The lowest BCUT2D eigenvalue weighted by Gasteiger charge is -2.27. The molecule has 2 rings (SSSR count). The van der Waals surface area contributed by atoms with Gasteiger partial charge in [0.1, 0.15) is 0 Å². The number of nitrogens with one attached hydrogen (secondary N) is 2. The number of rotatable bonds is 5. The molecule has 2 saturated carbocycles. The van der Waals surface area contributed by atoms with E-state index < -0.39 is 0 Å². The Balaban J connectivity index is 1.68. The van der Waals surface area contributed by atoms with E-state index in [0.29, 0.717) is 17.9 Å². The first-order valence-corrected chi connectivity index (χ1v) is 10.4. The van der Waals surface area contributed by atoms with Crippen LogP contribution in [0.5, 0.6) is 0 Å². The summed E-state index contributed by atoms with van der Waals surface area (Å²) < 4.78 is 0. The molecule has 2 amide bonds. The zero-order chi connectivity index (χ0) is 17.9. The third-order valence-corrected chi connectivity index (χ3v) is 5.70. The monoisotopic (exact) mass is 344 g/mol. The van der Waals surface area contributed by atoms with Gasteiger partial charge in [-0.2, -0.15) is 0 Å². The number of carbonyl (C=O) groups is 2. The van der Waals surface area contributed by atoms with Gasteiger partial charge >= 0.3 is 0 Å². The summed E-state index contributed by atoms with van der Waals surface area (Å²) in [5.74, 6) is 0.643. The van der Waals surface area contributed by atoms with Crippen molar-refractivity contribution in [1.82, 2.24) is 10.6 Å². The van der Waals surface area contributed by atoms with Crippen LogP contribution in [0, 0.1) is 0 Å². The van der Waals surface area contributed by atoms with Gasteiger partial charge in [-0.3, -0.25) is 9.59 Å². The maximum Gasteiger partial charge on any atom is 0.236 e. The van der Waals surface area contributed by atoms with Crippen molar-refractivity contribution in [2.45, 2.75) is 108 Å². The summed E-state index contributed by atoms with van der Waals surface area (Å²) in [6.45, 7) is 1.77. The molecule has 25 heavy (non-hydrogen) atoms. The Bertz CT molecular complexity index is 402. The number of amides is 2. The average molecular weight is 344 g/mol. The van der Waals surface area contributed by atoms with Crippen molar-refractivity contribution in [2.24, 2.45) is 0 Å². The summed E-state index contributed by atoms with van der Waals surface area (Å²) in [5, 5.41) is 6.32. The second kappa shape index (κ2) is 11.6. The first-order valence-electron chi connectivity index (χ1n) is 10.4. The van der Waals surface area contributed by atoms with E-state index in [0.717, 1.165) is 38.5 Å². The molecule has 2 radical (unpaired) electrons. The van der Waals surface area contributed by atoms with Crippen LogP contribution in [-0.4, -0.2) is 38.3 Å².